The molecule has 2 heterocycles. The lowest BCUT2D eigenvalue weighted by molar-refractivity contribution is 0.246. The average Bonchev–Trinajstić information content (AvgIpc) is 2.96. The van der Waals surface area contributed by atoms with Gasteiger partial charge in [0.25, 0.3) is 0 Å². The molecule has 1 aromatic heterocycles. The number of anilines is 1. The highest BCUT2D eigenvalue weighted by Gasteiger charge is 2.23. The van der Waals surface area contributed by atoms with Crippen LogP contribution in [0.25, 0.3) is 0 Å². The van der Waals surface area contributed by atoms with E-state index in [2.05, 4.69) is 28.0 Å². The zero-order valence-electron chi connectivity index (χ0n) is 16.4. The van der Waals surface area contributed by atoms with Crippen LogP contribution in [0.3, 0.4) is 0 Å². The Hall–Kier alpha value is -2.11. The Labute approximate surface area is 171 Å². The molecule has 5 nitrogen and oxygen atoms in total. The number of rotatable bonds is 5. The van der Waals surface area contributed by atoms with Gasteiger partial charge in [-0.25, -0.2) is 0 Å². The zero-order valence-corrected chi connectivity index (χ0v) is 17.1. The molecular weight excluding hydrogens is 374 g/mol. The fraction of sp³-hybridized carbons (Fsp3) is 0.455. The van der Waals surface area contributed by atoms with E-state index in [1.807, 2.05) is 19.1 Å². The van der Waals surface area contributed by atoms with Crippen LogP contribution in [-0.2, 0) is 19.4 Å². The van der Waals surface area contributed by atoms with E-state index in [0.717, 1.165) is 60.9 Å². The Kier molecular flexibility index (Phi) is 5.56. The summed E-state index contributed by atoms with van der Waals surface area (Å²) in [7, 11) is 0. The van der Waals surface area contributed by atoms with E-state index in [9.17, 15) is 10.2 Å². The van der Waals surface area contributed by atoms with Gasteiger partial charge in [0.05, 0.1) is 0 Å². The third-order valence-corrected chi connectivity index (χ3v) is 6.38. The van der Waals surface area contributed by atoms with Crippen LogP contribution in [-0.4, -0.2) is 52.4 Å². The lowest BCUT2D eigenvalue weighted by Crippen LogP contribution is -2.46. The Bertz CT molecular complexity index is 851. The molecule has 0 unspecified atom stereocenters. The van der Waals surface area contributed by atoms with Gasteiger partial charge < -0.3 is 15.1 Å². The monoisotopic (exact) mass is 401 g/mol. The number of aryl methyl sites for hydroxylation is 1. The van der Waals surface area contributed by atoms with Crippen LogP contribution in [0.1, 0.15) is 23.1 Å². The van der Waals surface area contributed by atoms with Crippen LogP contribution in [0.4, 0.5) is 5.69 Å². The number of aromatic hydroxyl groups is 2. The molecule has 4 rings (SSSR count). The van der Waals surface area contributed by atoms with Crippen molar-refractivity contribution in [1.29, 1.82) is 0 Å². The van der Waals surface area contributed by atoms with Gasteiger partial charge in [-0.2, -0.15) is 0 Å². The topological polar surface area (TPSA) is 51.9 Å². The summed E-state index contributed by atoms with van der Waals surface area (Å²) in [5.41, 5.74) is 4.06. The van der Waals surface area contributed by atoms with Gasteiger partial charge in [-0.3, -0.25) is 9.47 Å². The largest absolute Gasteiger partial charge is 0.494 e. The van der Waals surface area contributed by atoms with Crippen LogP contribution in [0.5, 0.6) is 11.8 Å². The van der Waals surface area contributed by atoms with Gasteiger partial charge in [-0.15, -0.1) is 0 Å². The van der Waals surface area contributed by atoms with Crippen molar-refractivity contribution in [2.45, 2.75) is 32.7 Å². The first-order valence-electron chi connectivity index (χ1n) is 10.0. The second kappa shape index (κ2) is 8.10. The van der Waals surface area contributed by atoms with Crippen molar-refractivity contribution in [1.82, 2.24) is 9.47 Å². The van der Waals surface area contributed by atoms with Gasteiger partial charge in [-0.1, -0.05) is 29.8 Å². The summed E-state index contributed by atoms with van der Waals surface area (Å²) < 4.78 is 1.67. The Morgan fingerprint density at radius 1 is 0.929 bits per heavy atom. The van der Waals surface area contributed by atoms with E-state index in [4.69, 9.17) is 11.6 Å². The standard InChI is InChI=1S/C22H28ClN3O2/c1-16-7-8-17(15-20(16)23)25-13-11-24(12-14-25)9-4-10-26-21(27)18-5-2-3-6-19(18)22(26)28/h2-3,7-8,15,27-28H,4-6,9-14H2,1H3. The molecule has 28 heavy (non-hydrogen) atoms. The van der Waals surface area contributed by atoms with Gasteiger partial charge in [-0.05, 0) is 50.4 Å². The molecule has 0 atom stereocenters. The van der Waals surface area contributed by atoms with Crippen LogP contribution in [0.15, 0.2) is 30.4 Å². The molecule has 1 aliphatic heterocycles. The van der Waals surface area contributed by atoms with E-state index in [1.165, 1.54) is 5.69 Å². The highest BCUT2D eigenvalue weighted by atomic mass is 35.5. The third kappa shape index (κ3) is 3.74. The van der Waals surface area contributed by atoms with Crippen LogP contribution in [0.2, 0.25) is 5.02 Å². The van der Waals surface area contributed by atoms with Crippen LogP contribution in [0, 0.1) is 6.92 Å². The molecule has 0 bridgehead atoms. The number of allylic oxidation sites excluding steroid dienone is 2. The van der Waals surface area contributed by atoms with E-state index in [0.29, 0.717) is 19.4 Å². The molecular formula is C22H28ClN3O2. The molecule has 2 N–H and O–H groups in total. The Morgan fingerprint density at radius 3 is 2.18 bits per heavy atom. The SMILES string of the molecule is Cc1ccc(N2CCN(CCCn3c(O)c4c(c3O)CC=CC4)CC2)cc1Cl. The molecule has 0 spiro atoms. The van der Waals surface area contributed by atoms with Crippen molar-refractivity contribution in [3.63, 3.8) is 0 Å². The second-order valence-corrected chi connectivity index (χ2v) is 8.16. The number of aromatic nitrogens is 1. The zero-order chi connectivity index (χ0) is 19.7. The maximum absolute atomic E-state index is 10.4. The molecule has 150 valence electrons. The third-order valence-electron chi connectivity index (χ3n) is 5.97. The second-order valence-electron chi connectivity index (χ2n) is 7.75. The minimum atomic E-state index is 0.234. The molecule has 1 aliphatic carbocycles. The van der Waals surface area contributed by atoms with Crippen molar-refractivity contribution in [2.75, 3.05) is 37.6 Å². The Morgan fingerprint density at radius 2 is 1.57 bits per heavy atom. The van der Waals surface area contributed by atoms with E-state index >= 15 is 0 Å². The number of hydrogen-bond donors (Lipinski definition) is 2. The van der Waals surface area contributed by atoms with Crippen molar-refractivity contribution in [3.05, 3.63) is 52.1 Å². The van der Waals surface area contributed by atoms with Crippen molar-refractivity contribution in [2.24, 2.45) is 0 Å². The summed E-state index contributed by atoms with van der Waals surface area (Å²) in [5.74, 6) is 0.468. The van der Waals surface area contributed by atoms with E-state index in [1.54, 1.807) is 4.57 Å². The summed E-state index contributed by atoms with van der Waals surface area (Å²) >= 11 is 6.27. The normalized spacial score (nSPS) is 17.1. The van der Waals surface area contributed by atoms with Crippen LogP contribution >= 0.6 is 11.6 Å². The first-order valence-corrected chi connectivity index (χ1v) is 10.4. The smallest absolute Gasteiger partial charge is 0.197 e. The number of benzene rings is 1. The first kappa shape index (κ1) is 19.2. The maximum Gasteiger partial charge on any atom is 0.197 e. The minimum Gasteiger partial charge on any atom is -0.494 e. The van der Waals surface area contributed by atoms with Crippen molar-refractivity contribution in [3.8, 4) is 11.8 Å². The average molecular weight is 402 g/mol. The number of halogens is 1. The van der Waals surface area contributed by atoms with Crippen molar-refractivity contribution >= 4 is 17.3 Å². The number of piperazine rings is 1. The van der Waals surface area contributed by atoms with Gasteiger partial charge in [0.15, 0.2) is 11.8 Å². The number of fused-ring (bicyclic) bond motifs is 1. The van der Waals surface area contributed by atoms with Crippen LogP contribution < -0.4 is 4.90 Å². The van der Waals surface area contributed by atoms with Crippen molar-refractivity contribution < 1.29 is 10.2 Å². The molecule has 0 radical (unpaired) electrons. The maximum atomic E-state index is 10.4. The molecule has 1 saturated heterocycles. The predicted molar refractivity (Wildman–Crippen MR) is 114 cm³/mol. The molecule has 2 aliphatic rings. The fourth-order valence-corrected chi connectivity index (χ4v) is 4.37. The van der Waals surface area contributed by atoms with Gasteiger partial charge in [0.1, 0.15) is 0 Å². The highest BCUT2D eigenvalue weighted by molar-refractivity contribution is 6.31. The van der Waals surface area contributed by atoms with Gasteiger partial charge in [0, 0.05) is 54.6 Å². The van der Waals surface area contributed by atoms with E-state index < -0.39 is 0 Å². The quantitative estimate of drug-likeness (QED) is 0.749. The molecule has 6 heteroatoms. The molecule has 0 saturated carbocycles. The lowest BCUT2D eigenvalue weighted by atomic mass is 10.0. The molecule has 2 aromatic rings. The molecule has 1 fully saturated rings. The van der Waals surface area contributed by atoms with Gasteiger partial charge in [0.2, 0.25) is 0 Å². The summed E-state index contributed by atoms with van der Waals surface area (Å²) in [4.78, 5) is 4.83. The lowest BCUT2D eigenvalue weighted by Gasteiger charge is -2.36. The van der Waals surface area contributed by atoms with Gasteiger partial charge >= 0.3 is 0 Å². The predicted octanol–water partition coefficient (Wildman–Crippen LogP) is 3.73. The molecule has 1 aromatic carbocycles. The summed E-state index contributed by atoms with van der Waals surface area (Å²) in [6, 6.07) is 6.28. The Balaban J connectivity index is 1.28. The number of hydrogen-bond acceptors (Lipinski definition) is 4. The summed E-state index contributed by atoms with van der Waals surface area (Å²) in [6.07, 6.45) is 6.40. The molecule has 0 amide bonds. The number of nitrogens with zero attached hydrogens (tertiary/aromatic N) is 3. The first-order chi connectivity index (χ1) is 13.5. The van der Waals surface area contributed by atoms with E-state index in [-0.39, 0.29) is 11.8 Å². The minimum absolute atomic E-state index is 0.234. The highest BCUT2D eigenvalue weighted by Crippen LogP contribution is 2.36. The fourth-order valence-electron chi connectivity index (χ4n) is 4.20. The summed E-state index contributed by atoms with van der Waals surface area (Å²) in [6.45, 7) is 7.61. The summed E-state index contributed by atoms with van der Waals surface area (Å²) in [5, 5.41) is 21.7.